The van der Waals surface area contributed by atoms with Gasteiger partial charge in [0.05, 0.1) is 6.54 Å². The Morgan fingerprint density at radius 3 is 2.36 bits per heavy atom. The number of hydrogen-bond acceptors (Lipinski definition) is 3. The monoisotopic (exact) mass is 201 g/mol. The van der Waals surface area contributed by atoms with E-state index in [9.17, 15) is 9.59 Å². The normalized spacial score (nSPS) is 10.0. The summed E-state index contributed by atoms with van der Waals surface area (Å²) in [4.78, 5) is 21.6. The van der Waals surface area contributed by atoms with E-state index < -0.39 is 0 Å². The van der Waals surface area contributed by atoms with Crippen LogP contribution in [-0.2, 0) is 9.59 Å². The SMILES string of the molecule is CC(=O)NCCNCC(=O)NC(C)C. The Hall–Kier alpha value is -1.10. The summed E-state index contributed by atoms with van der Waals surface area (Å²) >= 11 is 0. The van der Waals surface area contributed by atoms with Crippen LogP contribution in [0.2, 0.25) is 0 Å². The smallest absolute Gasteiger partial charge is 0.234 e. The lowest BCUT2D eigenvalue weighted by atomic mass is 10.4. The third kappa shape index (κ3) is 8.99. The van der Waals surface area contributed by atoms with E-state index in [0.29, 0.717) is 13.1 Å². The molecule has 14 heavy (non-hydrogen) atoms. The van der Waals surface area contributed by atoms with Gasteiger partial charge in [-0.1, -0.05) is 0 Å². The minimum Gasteiger partial charge on any atom is -0.355 e. The number of amides is 2. The summed E-state index contributed by atoms with van der Waals surface area (Å²) in [5.41, 5.74) is 0. The molecule has 0 aliphatic rings. The molecule has 0 aromatic rings. The molecule has 0 spiro atoms. The van der Waals surface area contributed by atoms with Crippen molar-refractivity contribution in [3.8, 4) is 0 Å². The summed E-state index contributed by atoms with van der Waals surface area (Å²) in [6.07, 6.45) is 0. The zero-order valence-electron chi connectivity index (χ0n) is 9.02. The molecular weight excluding hydrogens is 182 g/mol. The van der Waals surface area contributed by atoms with Gasteiger partial charge in [0.15, 0.2) is 0 Å². The lowest BCUT2D eigenvalue weighted by molar-refractivity contribution is -0.120. The fourth-order valence-corrected chi connectivity index (χ4v) is 0.902. The van der Waals surface area contributed by atoms with Crippen molar-refractivity contribution in [2.24, 2.45) is 0 Å². The second-order valence-electron chi connectivity index (χ2n) is 3.38. The topological polar surface area (TPSA) is 70.2 Å². The number of carbonyl (C=O) groups excluding carboxylic acids is 2. The largest absolute Gasteiger partial charge is 0.355 e. The molecule has 0 fully saturated rings. The molecule has 0 bridgehead atoms. The van der Waals surface area contributed by atoms with Crippen molar-refractivity contribution in [1.29, 1.82) is 0 Å². The van der Waals surface area contributed by atoms with Gasteiger partial charge in [-0.05, 0) is 13.8 Å². The minimum atomic E-state index is -0.0570. The van der Waals surface area contributed by atoms with Gasteiger partial charge in [0, 0.05) is 26.1 Å². The van der Waals surface area contributed by atoms with E-state index in [-0.39, 0.29) is 24.4 Å². The lowest BCUT2D eigenvalue weighted by Gasteiger charge is -2.09. The van der Waals surface area contributed by atoms with Crippen LogP contribution in [0.1, 0.15) is 20.8 Å². The molecule has 0 aliphatic heterocycles. The maximum Gasteiger partial charge on any atom is 0.234 e. The van der Waals surface area contributed by atoms with Gasteiger partial charge in [0.2, 0.25) is 11.8 Å². The van der Waals surface area contributed by atoms with Gasteiger partial charge >= 0.3 is 0 Å². The zero-order chi connectivity index (χ0) is 11.0. The summed E-state index contributed by atoms with van der Waals surface area (Å²) in [5, 5.41) is 8.30. The first-order valence-corrected chi connectivity index (χ1v) is 4.77. The maximum absolute atomic E-state index is 11.1. The summed E-state index contributed by atoms with van der Waals surface area (Å²) < 4.78 is 0. The third-order valence-corrected chi connectivity index (χ3v) is 1.41. The van der Waals surface area contributed by atoms with E-state index in [1.807, 2.05) is 13.8 Å². The molecule has 5 heteroatoms. The van der Waals surface area contributed by atoms with E-state index in [1.54, 1.807) is 0 Å². The Kier molecular flexibility index (Phi) is 6.74. The highest BCUT2D eigenvalue weighted by molar-refractivity contribution is 5.78. The Balaban J connectivity index is 3.27. The molecular formula is C9H19N3O2. The summed E-state index contributed by atoms with van der Waals surface area (Å²) in [6, 6.07) is 0.166. The van der Waals surface area contributed by atoms with Gasteiger partial charge in [0.1, 0.15) is 0 Å². The molecule has 0 unspecified atom stereocenters. The molecule has 0 saturated carbocycles. The minimum absolute atomic E-state index is 0.0252. The molecule has 0 saturated heterocycles. The van der Waals surface area contributed by atoms with Crippen LogP contribution in [0.3, 0.4) is 0 Å². The van der Waals surface area contributed by atoms with Crippen LogP contribution in [0.5, 0.6) is 0 Å². The summed E-state index contributed by atoms with van der Waals surface area (Å²) in [7, 11) is 0. The second kappa shape index (κ2) is 7.32. The fraction of sp³-hybridized carbons (Fsp3) is 0.778. The van der Waals surface area contributed by atoms with E-state index in [0.717, 1.165) is 0 Å². The molecule has 0 aromatic heterocycles. The molecule has 0 rings (SSSR count). The summed E-state index contributed by atoms with van der Waals surface area (Å²) in [5.74, 6) is -0.0822. The van der Waals surface area contributed by atoms with E-state index in [4.69, 9.17) is 0 Å². The Morgan fingerprint density at radius 1 is 1.21 bits per heavy atom. The second-order valence-corrected chi connectivity index (χ2v) is 3.38. The van der Waals surface area contributed by atoms with Crippen LogP contribution in [0.25, 0.3) is 0 Å². The van der Waals surface area contributed by atoms with E-state index in [2.05, 4.69) is 16.0 Å². The predicted molar refractivity (Wildman–Crippen MR) is 54.8 cm³/mol. The van der Waals surface area contributed by atoms with Crippen molar-refractivity contribution in [3.63, 3.8) is 0 Å². The van der Waals surface area contributed by atoms with Gasteiger partial charge in [-0.25, -0.2) is 0 Å². The van der Waals surface area contributed by atoms with Gasteiger partial charge in [0.25, 0.3) is 0 Å². The lowest BCUT2D eigenvalue weighted by Crippen LogP contribution is -2.40. The molecule has 0 aromatic carbocycles. The van der Waals surface area contributed by atoms with Gasteiger partial charge in [-0.3, -0.25) is 9.59 Å². The molecule has 5 nitrogen and oxygen atoms in total. The number of hydrogen-bond donors (Lipinski definition) is 3. The van der Waals surface area contributed by atoms with Gasteiger partial charge in [-0.2, -0.15) is 0 Å². The predicted octanol–water partition coefficient (Wildman–Crippen LogP) is -0.763. The van der Waals surface area contributed by atoms with Crippen LogP contribution in [0, 0.1) is 0 Å². The highest BCUT2D eigenvalue weighted by Crippen LogP contribution is 1.75. The van der Waals surface area contributed by atoms with Crippen molar-refractivity contribution in [3.05, 3.63) is 0 Å². The molecule has 2 amide bonds. The first kappa shape index (κ1) is 12.9. The Bertz CT molecular complexity index is 192. The molecule has 0 radical (unpaired) electrons. The molecule has 82 valence electrons. The van der Waals surface area contributed by atoms with Crippen molar-refractivity contribution in [2.75, 3.05) is 19.6 Å². The summed E-state index contributed by atoms with van der Waals surface area (Å²) in [6.45, 7) is 6.73. The first-order valence-electron chi connectivity index (χ1n) is 4.77. The number of carbonyl (C=O) groups is 2. The van der Waals surface area contributed by atoms with Crippen molar-refractivity contribution >= 4 is 11.8 Å². The average molecular weight is 201 g/mol. The fourth-order valence-electron chi connectivity index (χ4n) is 0.902. The standard InChI is InChI=1S/C9H19N3O2/c1-7(2)12-9(14)6-10-4-5-11-8(3)13/h7,10H,4-6H2,1-3H3,(H,11,13)(H,12,14). The van der Waals surface area contributed by atoms with Gasteiger partial charge in [-0.15, -0.1) is 0 Å². The third-order valence-electron chi connectivity index (χ3n) is 1.41. The molecule has 3 N–H and O–H groups in total. The van der Waals surface area contributed by atoms with E-state index >= 15 is 0 Å². The number of rotatable bonds is 6. The quantitative estimate of drug-likeness (QED) is 0.495. The van der Waals surface area contributed by atoms with Crippen LogP contribution in [0.4, 0.5) is 0 Å². The van der Waals surface area contributed by atoms with Crippen LogP contribution >= 0.6 is 0 Å². The maximum atomic E-state index is 11.1. The molecule has 0 atom stereocenters. The highest BCUT2D eigenvalue weighted by atomic mass is 16.2. The first-order chi connectivity index (χ1) is 6.52. The zero-order valence-corrected chi connectivity index (χ0v) is 9.02. The van der Waals surface area contributed by atoms with Crippen LogP contribution < -0.4 is 16.0 Å². The van der Waals surface area contributed by atoms with Crippen molar-refractivity contribution < 1.29 is 9.59 Å². The Morgan fingerprint density at radius 2 is 1.86 bits per heavy atom. The molecule has 0 aliphatic carbocycles. The van der Waals surface area contributed by atoms with Crippen molar-refractivity contribution in [1.82, 2.24) is 16.0 Å². The highest BCUT2D eigenvalue weighted by Gasteiger charge is 2.01. The van der Waals surface area contributed by atoms with Crippen molar-refractivity contribution in [2.45, 2.75) is 26.8 Å². The van der Waals surface area contributed by atoms with Gasteiger partial charge < -0.3 is 16.0 Å². The van der Waals surface area contributed by atoms with E-state index in [1.165, 1.54) is 6.92 Å². The molecule has 0 heterocycles. The van der Waals surface area contributed by atoms with Crippen LogP contribution in [-0.4, -0.2) is 37.5 Å². The Labute approximate surface area is 84.6 Å². The average Bonchev–Trinajstić information content (AvgIpc) is 2.01. The van der Waals surface area contributed by atoms with Crippen LogP contribution in [0.15, 0.2) is 0 Å². The number of nitrogens with one attached hydrogen (secondary N) is 3.